The molecule has 0 amide bonds. The highest BCUT2D eigenvalue weighted by atomic mass is 16.5. The Bertz CT molecular complexity index is 496. The van der Waals surface area contributed by atoms with Crippen LogP contribution in [0, 0.1) is 0 Å². The van der Waals surface area contributed by atoms with E-state index in [4.69, 9.17) is 14.9 Å². The Hall–Kier alpha value is -1.85. The first kappa shape index (κ1) is 14.6. The van der Waals surface area contributed by atoms with E-state index in [1.165, 1.54) is 0 Å². The molecule has 2 aromatic heterocycles. The Morgan fingerprint density at radius 3 is 2.75 bits per heavy atom. The molecule has 0 fully saturated rings. The van der Waals surface area contributed by atoms with Gasteiger partial charge in [-0.2, -0.15) is 0 Å². The molecule has 5 nitrogen and oxygen atoms in total. The summed E-state index contributed by atoms with van der Waals surface area (Å²) >= 11 is 0. The van der Waals surface area contributed by atoms with Gasteiger partial charge in [-0.3, -0.25) is 4.90 Å². The molecule has 0 aliphatic carbocycles. The molecule has 2 N–H and O–H groups in total. The summed E-state index contributed by atoms with van der Waals surface area (Å²) in [6.45, 7) is 4.26. The van der Waals surface area contributed by atoms with Gasteiger partial charge in [0.25, 0.3) is 0 Å². The normalized spacial score (nSPS) is 12.6. The van der Waals surface area contributed by atoms with Crippen LogP contribution in [0.3, 0.4) is 0 Å². The number of hydrogen-bond acceptors (Lipinski definition) is 5. The predicted octanol–water partition coefficient (Wildman–Crippen LogP) is 2.21. The molecule has 1 unspecified atom stereocenters. The number of nitrogens with two attached hydrogens (primary N) is 1. The zero-order valence-corrected chi connectivity index (χ0v) is 12.0. The van der Waals surface area contributed by atoms with Gasteiger partial charge in [-0.15, -0.1) is 0 Å². The van der Waals surface area contributed by atoms with E-state index in [0.29, 0.717) is 12.4 Å². The maximum atomic E-state index is 5.95. The fourth-order valence-corrected chi connectivity index (χ4v) is 2.25. The van der Waals surface area contributed by atoms with Crippen molar-refractivity contribution in [3.8, 4) is 5.88 Å². The van der Waals surface area contributed by atoms with Crippen LogP contribution in [0.2, 0.25) is 0 Å². The highest BCUT2D eigenvalue weighted by molar-refractivity contribution is 5.21. The molecule has 0 aliphatic heterocycles. The van der Waals surface area contributed by atoms with Crippen LogP contribution < -0.4 is 10.5 Å². The number of likely N-dealkylation sites (N-methyl/N-ethyl adjacent to an activating group) is 1. The SMILES string of the molecule is CCN(Cc1ccco1)C(CN)c1ccc(OC)nc1. The quantitative estimate of drug-likeness (QED) is 0.839. The lowest BCUT2D eigenvalue weighted by molar-refractivity contribution is 0.187. The smallest absolute Gasteiger partial charge is 0.212 e. The van der Waals surface area contributed by atoms with E-state index in [1.807, 2.05) is 30.5 Å². The van der Waals surface area contributed by atoms with Crippen molar-refractivity contribution in [1.82, 2.24) is 9.88 Å². The summed E-state index contributed by atoms with van der Waals surface area (Å²) < 4.78 is 10.5. The van der Waals surface area contributed by atoms with Crippen molar-refractivity contribution in [3.05, 3.63) is 48.0 Å². The monoisotopic (exact) mass is 275 g/mol. The van der Waals surface area contributed by atoms with E-state index in [9.17, 15) is 0 Å². The fourth-order valence-electron chi connectivity index (χ4n) is 2.25. The Balaban J connectivity index is 2.15. The van der Waals surface area contributed by atoms with Crippen molar-refractivity contribution < 1.29 is 9.15 Å². The lowest BCUT2D eigenvalue weighted by Gasteiger charge is -2.29. The Morgan fingerprint density at radius 1 is 1.40 bits per heavy atom. The average molecular weight is 275 g/mol. The van der Waals surface area contributed by atoms with Gasteiger partial charge in [-0.25, -0.2) is 4.98 Å². The topological polar surface area (TPSA) is 64.5 Å². The molecule has 1 atom stereocenters. The Kier molecular flexibility index (Phi) is 5.15. The molecular formula is C15H21N3O2. The van der Waals surface area contributed by atoms with E-state index in [1.54, 1.807) is 13.4 Å². The van der Waals surface area contributed by atoms with Crippen molar-refractivity contribution in [1.29, 1.82) is 0 Å². The molecule has 0 spiro atoms. The summed E-state index contributed by atoms with van der Waals surface area (Å²) in [5.41, 5.74) is 7.03. The first-order chi connectivity index (χ1) is 9.78. The summed E-state index contributed by atoms with van der Waals surface area (Å²) in [4.78, 5) is 6.52. The van der Waals surface area contributed by atoms with Crippen molar-refractivity contribution in [2.24, 2.45) is 5.73 Å². The van der Waals surface area contributed by atoms with Gasteiger partial charge in [-0.05, 0) is 24.2 Å². The van der Waals surface area contributed by atoms with E-state index in [2.05, 4.69) is 16.8 Å². The summed E-state index contributed by atoms with van der Waals surface area (Å²) in [5, 5.41) is 0. The predicted molar refractivity (Wildman–Crippen MR) is 77.4 cm³/mol. The van der Waals surface area contributed by atoms with Gasteiger partial charge < -0.3 is 14.9 Å². The molecule has 0 saturated heterocycles. The molecule has 5 heteroatoms. The van der Waals surface area contributed by atoms with Crippen molar-refractivity contribution >= 4 is 0 Å². The summed E-state index contributed by atoms with van der Waals surface area (Å²) in [7, 11) is 1.61. The van der Waals surface area contributed by atoms with Gasteiger partial charge in [0.15, 0.2) is 0 Å². The highest BCUT2D eigenvalue weighted by Gasteiger charge is 2.19. The molecule has 108 valence electrons. The molecule has 0 radical (unpaired) electrons. The number of ether oxygens (including phenoxy) is 1. The van der Waals surface area contributed by atoms with E-state index in [-0.39, 0.29) is 6.04 Å². The van der Waals surface area contributed by atoms with Crippen LogP contribution in [0.15, 0.2) is 41.1 Å². The third-order valence-corrected chi connectivity index (χ3v) is 3.36. The maximum absolute atomic E-state index is 5.95. The molecule has 0 bridgehead atoms. The number of nitrogens with zero attached hydrogens (tertiary/aromatic N) is 2. The lowest BCUT2D eigenvalue weighted by Crippen LogP contribution is -2.33. The molecule has 20 heavy (non-hydrogen) atoms. The lowest BCUT2D eigenvalue weighted by atomic mass is 10.1. The van der Waals surface area contributed by atoms with Gasteiger partial charge in [0, 0.05) is 24.8 Å². The highest BCUT2D eigenvalue weighted by Crippen LogP contribution is 2.22. The third kappa shape index (κ3) is 3.37. The number of rotatable bonds is 7. The third-order valence-electron chi connectivity index (χ3n) is 3.36. The van der Waals surface area contributed by atoms with Crippen molar-refractivity contribution in [3.63, 3.8) is 0 Å². The van der Waals surface area contributed by atoms with Gasteiger partial charge >= 0.3 is 0 Å². The Morgan fingerprint density at radius 2 is 2.25 bits per heavy atom. The fraction of sp³-hybridized carbons (Fsp3) is 0.400. The first-order valence-electron chi connectivity index (χ1n) is 6.75. The molecule has 0 aliphatic rings. The molecular weight excluding hydrogens is 254 g/mol. The Labute approximate surface area is 119 Å². The van der Waals surface area contributed by atoms with Crippen LogP contribution in [0.4, 0.5) is 0 Å². The van der Waals surface area contributed by atoms with Crippen LogP contribution >= 0.6 is 0 Å². The zero-order chi connectivity index (χ0) is 14.4. The second kappa shape index (κ2) is 7.07. The second-order valence-corrected chi connectivity index (χ2v) is 4.53. The number of hydrogen-bond donors (Lipinski definition) is 1. The minimum Gasteiger partial charge on any atom is -0.481 e. The minimum absolute atomic E-state index is 0.114. The van der Waals surface area contributed by atoms with E-state index >= 15 is 0 Å². The van der Waals surface area contributed by atoms with Gasteiger partial charge in [0.1, 0.15) is 5.76 Å². The van der Waals surface area contributed by atoms with Crippen molar-refractivity contribution in [2.75, 3.05) is 20.2 Å². The summed E-state index contributed by atoms with van der Waals surface area (Å²) in [6, 6.07) is 7.86. The van der Waals surface area contributed by atoms with Crippen LogP contribution in [0.25, 0.3) is 0 Å². The van der Waals surface area contributed by atoms with E-state index in [0.717, 1.165) is 24.4 Å². The number of furan rings is 1. The largest absolute Gasteiger partial charge is 0.481 e. The molecule has 0 aromatic carbocycles. The number of aromatic nitrogens is 1. The maximum Gasteiger partial charge on any atom is 0.212 e. The zero-order valence-electron chi connectivity index (χ0n) is 12.0. The summed E-state index contributed by atoms with van der Waals surface area (Å²) in [6.07, 6.45) is 3.51. The van der Waals surface area contributed by atoms with Crippen molar-refractivity contribution in [2.45, 2.75) is 19.5 Å². The minimum atomic E-state index is 0.114. The molecule has 2 heterocycles. The molecule has 2 aromatic rings. The average Bonchev–Trinajstić information content (AvgIpc) is 3.00. The van der Waals surface area contributed by atoms with Crippen LogP contribution in [0.1, 0.15) is 24.3 Å². The number of methoxy groups -OCH3 is 1. The summed E-state index contributed by atoms with van der Waals surface area (Å²) in [5.74, 6) is 1.55. The standard InChI is InChI=1S/C15H21N3O2/c1-3-18(11-13-5-4-8-20-13)14(9-16)12-6-7-15(19-2)17-10-12/h4-8,10,14H,3,9,11,16H2,1-2H3. The van der Waals surface area contributed by atoms with Gasteiger partial charge in [0.05, 0.1) is 19.9 Å². The first-order valence-corrected chi connectivity index (χ1v) is 6.75. The van der Waals surface area contributed by atoms with E-state index < -0.39 is 0 Å². The molecule has 2 rings (SSSR count). The number of pyridine rings is 1. The van der Waals surface area contributed by atoms with Crippen LogP contribution in [0.5, 0.6) is 5.88 Å². The molecule has 0 saturated carbocycles. The van der Waals surface area contributed by atoms with Gasteiger partial charge in [-0.1, -0.05) is 13.0 Å². The van der Waals surface area contributed by atoms with Crippen LogP contribution in [-0.2, 0) is 6.54 Å². The van der Waals surface area contributed by atoms with Gasteiger partial charge in [0.2, 0.25) is 5.88 Å². The van der Waals surface area contributed by atoms with Crippen LogP contribution in [-0.4, -0.2) is 30.1 Å². The second-order valence-electron chi connectivity index (χ2n) is 4.53.